The van der Waals surface area contributed by atoms with Crippen molar-refractivity contribution in [3.63, 3.8) is 0 Å². The molecule has 0 fully saturated rings. The van der Waals surface area contributed by atoms with Crippen molar-refractivity contribution in [2.45, 2.75) is 52.3 Å². The zero-order valence-corrected chi connectivity index (χ0v) is 13.5. The zero-order valence-electron chi connectivity index (χ0n) is 13.5. The number of carboxylic acids is 1. The van der Waals surface area contributed by atoms with Crippen molar-refractivity contribution >= 4 is 17.7 Å². The van der Waals surface area contributed by atoms with Gasteiger partial charge in [0.25, 0.3) is 0 Å². The van der Waals surface area contributed by atoms with Gasteiger partial charge < -0.3 is 15.2 Å². The van der Waals surface area contributed by atoms with Gasteiger partial charge in [-0.25, -0.2) is 4.79 Å². The zero-order chi connectivity index (χ0) is 16.8. The molecule has 0 heterocycles. The first-order valence-electron chi connectivity index (χ1n) is 7.26. The van der Waals surface area contributed by atoms with Crippen LogP contribution in [0, 0.1) is 0 Å². The highest BCUT2D eigenvalue weighted by molar-refractivity contribution is 5.84. The lowest BCUT2D eigenvalue weighted by Crippen LogP contribution is -2.35. The van der Waals surface area contributed by atoms with Crippen LogP contribution in [0.2, 0.25) is 0 Å². The van der Waals surface area contributed by atoms with Crippen molar-refractivity contribution in [3.8, 4) is 0 Å². The maximum absolute atomic E-state index is 11.6. The molecule has 1 amide bonds. The minimum atomic E-state index is -0.856. The molecule has 0 saturated heterocycles. The summed E-state index contributed by atoms with van der Waals surface area (Å²) < 4.78 is 5.16. The molecule has 0 saturated carbocycles. The van der Waals surface area contributed by atoms with E-state index in [0.717, 1.165) is 5.56 Å². The molecule has 0 aliphatic heterocycles. The first-order valence-corrected chi connectivity index (χ1v) is 7.26. The molecular weight excluding hydrogens is 284 g/mol. The summed E-state index contributed by atoms with van der Waals surface area (Å²) in [6, 6.07) is 6.60. The highest BCUT2D eigenvalue weighted by Crippen LogP contribution is 2.13. The average molecular weight is 308 g/mol. The van der Waals surface area contributed by atoms with Crippen LogP contribution in [0.3, 0.4) is 0 Å². The standard InChI is InChI=1S/C16H24N2O4/c1-5-13(14(19)20)17-10-11-6-8-12(9-7-11)18-15(21)22-16(2,3)4/h6-9,13,17H,5,10H2,1-4H3,(H,18,21)(H,19,20). The summed E-state index contributed by atoms with van der Waals surface area (Å²) >= 11 is 0. The number of hydrogen-bond acceptors (Lipinski definition) is 4. The van der Waals surface area contributed by atoms with Crippen molar-refractivity contribution in [2.24, 2.45) is 0 Å². The molecule has 6 heteroatoms. The fourth-order valence-electron chi connectivity index (χ4n) is 1.77. The van der Waals surface area contributed by atoms with E-state index in [9.17, 15) is 9.59 Å². The summed E-state index contributed by atoms with van der Waals surface area (Å²) in [5, 5.41) is 14.6. The Morgan fingerprint density at radius 1 is 1.23 bits per heavy atom. The fraction of sp³-hybridized carbons (Fsp3) is 0.500. The van der Waals surface area contributed by atoms with Crippen LogP contribution in [-0.4, -0.2) is 28.8 Å². The molecule has 3 N–H and O–H groups in total. The van der Waals surface area contributed by atoms with E-state index in [1.165, 1.54) is 0 Å². The predicted molar refractivity (Wildman–Crippen MR) is 84.9 cm³/mol. The molecule has 6 nitrogen and oxygen atoms in total. The van der Waals surface area contributed by atoms with Crippen LogP contribution < -0.4 is 10.6 Å². The number of rotatable bonds is 6. The second-order valence-corrected chi connectivity index (χ2v) is 6.00. The van der Waals surface area contributed by atoms with Gasteiger partial charge in [-0.05, 0) is 44.9 Å². The predicted octanol–water partition coefficient (Wildman–Crippen LogP) is 2.99. The van der Waals surface area contributed by atoms with Gasteiger partial charge in [-0.1, -0.05) is 19.1 Å². The van der Waals surface area contributed by atoms with Crippen molar-refractivity contribution in [1.82, 2.24) is 5.32 Å². The molecule has 122 valence electrons. The number of anilines is 1. The number of amides is 1. The van der Waals surface area contributed by atoms with Crippen LogP contribution >= 0.6 is 0 Å². The van der Waals surface area contributed by atoms with E-state index in [2.05, 4.69) is 10.6 Å². The topological polar surface area (TPSA) is 87.7 Å². The van der Waals surface area contributed by atoms with Crippen LogP contribution in [0.5, 0.6) is 0 Å². The van der Waals surface area contributed by atoms with Crippen LogP contribution in [-0.2, 0) is 16.1 Å². The Kier molecular flexibility index (Phi) is 6.37. The van der Waals surface area contributed by atoms with Gasteiger partial charge in [-0.2, -0.15) is 0 Å². The Morgan fingerprint density at radius 2 is 1.82 bits per heavy atom. The molecule has 0 aliphatic rings. The highest BCUT2D eigenvalue weighted by Gasteiger charge is 2.16. The quantitative estimate of drug-likeness (QED) is 0.752. The van der Waals surface area contributed by atoms with Gasteiger partial charge in [-0.15, -0.1) is 0 Å². The van der Waals surface area contributed by atoms with Crippen LogP contribution in [0.15, 0.2) is 24.3 Å². The summed E-state index contributed by atoms with van der Waals surface area (Å²) in [7, 11) is 0. The molecule has 0 bridgehead atoms. The minimum absolute atomic E-state index is 0.456. The molecule has 1 aromatic rings. The van der Waals surface area contributed by atoms with Gasteiger partial charge in [0, 0.05) is 12.2 Å². The Labute approximate surface area is 130 Å². The number of carboxylic acid groups (broad SMARTS) is 1. The van der Waals surface area contributed by atoms with Gasteiger partial charge in [-0.3, -0.25) is 10.1 Å². The Hall–Kier alpha value is -2.08. The van der Waals surface area contributed by atoms with E-state index in [-0.39, 0.29) is 0 Å². The van der Waals surface area contributed by atoms with E-state index < -0.39 is 23.7 Å². The molecule has 1 atom stereocenters. The van der Waals surface area contributed by atoms with Crippen LogP contribution in [0.25, 0.3) is 0 Å². The number of aliphatic carboxylic acids is 1. The normalized spacial score (nSPS) is 12.5. The van der Waals surface area contributed by atoms with Gasteiger partial charge in [0.1, 0.15) is 11.6 Å². The summed E-state index contributed by atoms with van der Waals surface area (Å²) in [6.07, 6.45) is 0.0171. The Morgan fingerprint density at radius 3 is 2.27 bits per heavy atom. The molecule has 1 unspecified atom stereocenters. The molecule has 0 radical (unpaired) electrons. The summed E-state index contributed by atoms with van der Waals surface area (Å²) in [4.78, 5) is 22.5. The van der Waals surface area contributed by atoms with Gasteiger partial charge in [0.2, 0.25) is 0 Å². The lowest BCUT2D eigenvalue weighted by Gasteiger charge is -2.19. The molecule has 22 heavy (non-hydrogen) atoms. The van der Waals surface area contributed by atoms with Gasteiger partial charge in [0.05, 0.1) is 0 Å². The number of carbonyl (C=O) groups excluding carboxylic acids is 1. The first-order chi connectivity index (χ1) is 10.2. The molecule has 1 rings (SSSR count). The van der Waals surface area contributed by atoms with E-state index >= 15 is 0 Å². The Balaban J connectivity index is 2.53. The maximum atomic E-state index is 11.6. The second kappa shape index (κ2) is 7.79. The third-order valence-corrected chi connectivity index (χ3v) is 2.86. The number of ether oxygens (including phenoxy) is 1. The van der Waals surface area contributed by atoms with Crippen molar-refractivity contribution < 1.29 is 19.4 Å². The summed E-state index contributed by atoms with van der Waals surface area (Å²) in [5.74, 6) is -0.856. The largest absolute Gasteiger partial charge is 0.480 e. The average Bonchev–Trinajstić information content (AvgIpc) is 2.38. The molecular formula is C16H24N2O4. The lowest BCUT2D eigenvalue weighted by molar-refractivity contribution is -0.139. The third kappa shape index (κ3) is 6.58. The third-order valence-electron chi connectivity index (χ3n) is 2.86. The molecule has 1 aromatic carbocycles. The summed E-state index contributed by atoms with van der Waals surface area (Å²) in [6.45, 7) is 7.67. The summed E-state index contributed by atoms with van der Waals surface area (Å²) in [5.41, 5.74) is 1.03. The minimum Gasteiger partial charge on any atom is -0.480 e. The van der Waals surface area contributed by atoms with Crippen LogP contribution in [0.1, 0.15) is 39.7 Å². The Bertz CT molecular complexity index is 506. The maximum Gasteiger partial charge on any atom is 0.412 e. The molecule has 0 spiro atoms. The van der Waals surface area contributed by atoms with Gasteiger partial charge in [0.15, 0.2) is 0 Å². The number of nitrogens with one attached hydrogen (secondary N) is 2. The van der Waals surface area contributed by atoms with Crippen molar-refractivity contribution in [2.75, 3.05) is 5.32 Å². The van der Waals surface area contributed by atoms with E-state index in [4.69, 9.17) is 9.84 Å². The van der Waals surface area contributed by atoms with E-state index in [1.807, 2.05) is 19.1 Å². The lowest BCUT2D eigenvalue weighted by atomic mass is 10.1. The van der Waals surface area contributed by atoms with Crippen molar-refractivity contribution in [1.29, 1.82) is 0 Å². The van der Waals surface area contributed by atoms with E-state index in [0.29, 0.717) is 18.7 Å². The van der Waals surface area contributed by atoms with Crippen molar-refractivity contribution in [3.05, 3.63) is 29.8 Å². The monoisotopic (exact) mass is 308 g/mol. The molecule has 0 aliphatic carbocycles. The SMILES string of the molecule is CCC(NCc1ccc(NC(=O)OC(C)(C)C)cc1)C(=O)O. The number of carbonyl (C=O) groups is 2. The van der Waals surface area contributed by atoms with E-state index in [1.54, 1.807) is 32.9 Å². The van der Waals surface area contributed by atoms with Gasteiger partial charge >= 0.3 is 12.1 Å². The fourth-order valence-corrected chi connectivity index (χ4v) is 1.77. The smallest absolute Gasteiger partial charge is 0.412 e. The number of benzene rings is 1. The molecule has 0 aromatic heterocycles. The number of hydrogen-bond donors (Lipinski definition) is 3. The first kappa shape index (κ1) is 18.0. The second-order valence-electron chi connectivity index (χ2n) is 6.00. The highest BCUT2D eigenvalue weighted by atomic mass is 16.6. The van der Waals surface area contributed by atoms with Crippen LogP contribution in [0.4, 0.5) is 10.5 Å².